The van der Waals surface area contributed by atoms with E-state index in [0.717, 1.165) is 15.6 Å². The SMILES string of the molecule is CN(CC(=O)Nc1ccc(OC(F)F)cc1)S(=O)(=O)c1ccc(Cl)s1. The Kier molecular flexibility index (Phi) is 6.33. The first-order chi connectivity index (χ1) is 11.7. The van der Waals surface area contributed by atoms with Crippen LogP contribution >= 0.6 is 22.9 Å². The van der Waals surface area contributed by atoms with Gasteiger partial charge in [-0.2, -0.15) is 13.1 Å². The third-order valence-electron chi connectivity index (χ3n) is 2.94. The number of thiophene rings is 1. The lowest BCUT2D eigenvalue weighted by molar-refractivity contribution is -0.116. The highest BCUT2D eigenvalue weighted by molar-refractivity contribution is 7.91. The van der Waals surface area contributed by atoms with Gasteiger partial charge in [-0.05, 0) is 36.4 Å². The van der Waals surface area contributed by atoms with E-state index < -0.39 is 29.1 Å². The van der Waals surface area contributed by atoms with Gasteiger partial charge in [0.25, 0.3) is 10.0 Å². The molecule has 0 aliphatic carbocycles. The molecule has 2 aromatic rings. The third kappa shape index (κ3) is 5.36. The van der Waals surface area contributed by atoms with Gasteiger partial charge in [-0.3, -0.25) is 4.79 Å². The Balaban J connectivity index is 1.97. The van der Waals surface area contributed by atoms with E-state index in [-0.39, 0.29) is 9.96 Å². The molecule has 0 saturated carbocycles. The Bertz CT molecular complexity index is 841. The Morgan fingerprint density at radius 3 is 2.44 bits per heavy atom. The summed E-state index contributed by atoms with van der Waals surface area (Å²) in [5.74, 6) is -0.640. The number of carbonyl (C=O) groups is 1. The second kappa shape index (κ2) is 8.09. The fourth-order valence-electron chi connectivity index (χ4n) is 1.80. The number of hydrogen-bond acceptors (Lipinski definition) is 5. The molecular formula is C14H13ClF2N2O4S2. The molecule has 1 amide bonds. The van der Waals surface area contributed by atoms with E-state index in [1.165, 1.54) is 43.4 Å². The zero-order chi connectivity index (χ0) is 18.6. The molecule has 1 N–H and O–H groups in total. The molecule has 136 valence electrons. The molecule has 0 radical (unpaired) electrons. The molecule has 1 heterocycles. The van der Waals surface area contributed by atoms with Gasteiger partial charge in [0.05, 0.1) is 10.9 Å². The largest absolute Gasteiger partial charge is 0.435 e. The molecule has 0 saturated heterocycles. The number of ether oxygens (including phenoxy) is 1. The number of anilines is 1. The molecule has 0 spiro atoms. The summed E-state index contributed by atoms with van der Waals surface area (Å²) in [6.07, 6.45) is 0. The van der Waals surface area contributed by atoms with Crippen LogP contribution in [0.5, 0.6) is 5.75 Å². The summed E-state index contributed by atoms with van der Waals surface area (Å²) in [4.78, 5) is 12.0. The number of alkyl halides is 2. The van der Waals surface area contributed by atoms with E-state index >= 15 is 0 Å². The van der Waals surface area contributed by atoms with Crippen LogP contribution in [0, 0.1) is 0 Å². The lowest BCUT2D eigenvalue weighted by atomic mass is 10.3. The second-order valence-corrected chi connectivity index (χ2v) is 8.76. The first kappa shape index (κ1) is 19.6. The summed E-state index contributed by atoms with van der Waals surface area (Å²) in [5.41, 5.74) is 0.316. The van der Waals surface area contributed by atoms with Crippen molar-refractivity contribution >= 4 is 44.6 Å². The number of hydrogen-bond donors (Lipinski definition) is 1. The number of nitrogens with one attached hydrogen (secondary N) is 1. The maximum absolute atomic E-state index is 12.3. The van der Waals surface area contributed by atoms with Crippen molar-refractivity contribution in [1.29, 1.82) is 0 Å². The van der Waals surface area contributed by atoms with E-state index in [1.807, 2.05) is 0 Å². The van der Waals surface area contributed by atoms with Gasteiger partial charge < -0.3 is 10.1 Å². The number of likely N-dealkylation sites (N-methyl/N-ethyl adjacent to an activating group) is 1. The lowest BCUT2D eigenvalue weighted by Gasteiger charge is -2.15. The minimum absolute atomic E-state index is 0.0290. The van der Waals surface area contributed by atoms with Crippen molar-refractivity contribution in [3.8, 4) is 5.75 Å². The van der Waals surface area contributed by atoms with Crippen LogP contribution in [0.1, 0.15) is 0 Å². The van der Waals surface area contributed by atoms with Gasteiger partial charge in [0.1, 0.15) is 9.96 Å². The van der Waals surface area contributed by atoms with Crippen molar-refractivity contribution < 1.29 is 26.7 Å². The van der Waals surface area contributed by atoms with E-state index in [4.69, 9.17) is 11.6 Å². The van der Waals surface area contributed by atoms with Crippen LogP contribution in [0.25, 0.3) is 0 Å². The van der Waals surface area contributed by atoms with Gasteiger partial charge >= 0.3 is 6.61 Å². The summed E-state index contributed by atoms with van der Waals surface area (Å²) in [5, 5.41) is 2.47. The molecule has 1 aromatic carbocycles. The molecule has 0 bridgehead atoms. The fraction of sp³-hybridized carbons (Fsp3) is 0.214. The Hall–Kier alpha value is -1.75. The highest BCUT2D eigenvalue weighted by Crippen LogP contribution is 2.27. The van der Waals surface area contributed by atoms with E-state index in [2.05, 4.69) is 10.1 Å². The predicted molar refractivity (Wildman–Crippen MR) is 90.8 cm³/mol. The number of benzene rings is 1. The first-order valence-corrected chi connectivity index (χ1v) is 9.38. The number of sulfonamides is 1. The van der Waals surface area contributed by atoms with Crippen molar-refractivity contribution in [1.82, 2.24) is 4.31 Å². The van der Waals surface area contributed by atoms with E-state index in [1.54, 1.807) is 0 Å². The zero-order valence-electron chi connectivity index (χ0n) is 12.8. The second-order valence-electron chi connectivity index (χ2n) is 4.77. The van der Waals surface area contributed by atoms with Crippen LogP contribution in [0.3, 0.4) is 0 Å². The first-order valence-electron chi connectivity index (χ1n) is 6.75. The molecule has 0 atom stereocenters. The Labute approximate surface area is 152 Å². The number of amides is 1. The number of carbonyl (C=O) groups excluding carboxylic acids is 1. The quantitative estimate of drug-likeness (QED) is 0.760. The van der Waals surface area contributed by atoms with E-state index in [0.29, 0.717) is 10.0 Å². The summed E-state index contributed by atoms with van der Waals surface area (Å²) in [6.45, 7) is -3.36. The average molecular weight is 411 g/mol. The van der Waals surface area contributed by atoms with Crippen molar-refractivity contribution in [2.75, 3.05) is 18.9 Å². The highest BCUT2D eigenvalue weighted by Gasteiger charge is 2.24. The average Bonchev–Trinajstić information content (AvgIpc) is 2.96. The predicted octanol–water partition coefficient (Wildman–Crippen LogP) is 3.26. The maximum Gasteiger partial charge on any atom is 0.387 e. The van der Waals surface area contributed by atoms with Crippen molar-refractivity contribution in [3.05, 3.63) is 40.7 Å². The van der Waals surface area contributed by atoms with Gasteiger partial charge in [0, 0.05) is 12.7 Å². The molecule has 1 aromatic heterocycles. The molecule has 2 rings (SSSR count). The molecular weight excluding hydrogens is 398 g/mol. The summed E-state index contributed by atoms with van der Waals surface area (Å²) in [6, 6.07) is 8.06. The Morgan fingerprint density at radius 1 is 1.28 bits per heavy atom. The van der Waals surface area contributed by atoms with Crippen molar-refractivity contribution in [2.45, 2.75) is 10.8 Å². The number of halogens is 3. The summed E-state index contributed by atoms with van der Waals surface area (Å²) in [7, 11) is -2.56. The van der Waals surface area contributed by atoms with Gasteiger partial charge in [0.15, 0.2) is 0 Å². The molecule has 0 unspecified atom stereocenters. The third-order valence-corrected chi connectivity index (χ3v) is 6.44. The van der Waals surface area contributed by atoms with Crippen LogP contribution in [0.4, 0.5) is 14.5 Å². The minimum Gasteiger partial charge on any atom is -0.435 e. The summed E-state index contributed by atoms with van der Waals surface area (Å²) >= 11 is 6.62. The molecule has 0 aliphatic heterocycles. The van der Waals surface area contributed by atoms with Crippen molar-refractivity contribution in [3.63, 3.8) is 0 Å². The molecule has 0 aliphatic rings. The fourth-order valence-corrected chi connectivity index (χ4v) is 4.62. The van der Waals surface area contributed by atoms with Crippen molar-refractivity contribution in [2.24, 2.45) is 0 Å². The monoisotopic (exact) mass is 410 g/mol. The maximum atomic E-state index is 12.3. The normalized spacial score (nSPS) is 11.8. The zero-order valence-corrected chi connectivity index (χ0v) is 15.2. The molecule has 6 nitrogen and oxygen atoms in total. The van der Waals surface area contributed by atoms with Crippen LogP contribution in [-0.2, 0) is 14.8 Å². The van der Waals surface area contributed by atoms with Crippen LogP contribution in [0.15, 0.2) is 40.6 Å². The van der Waals surface area contributed by atoms with Gasteiger partial charge in [0.2, 0.25) is 5.91 Å². The van der Waals surface area contributed by atoms with Crippen LogP contribution < -0.4 is 10.1 Å². The van der Waals surface area contributed by atoms with Crippen LogP contribution in [0.2, 0.25) is 4.34 Å². The lowest BCUT2D eigenvalue weighted by Crippen LogP contribution is -2.34. The van der Waals surface area contributed by atoms with Gasteiger partial charge in [-0.25, -0.2) is 8.42 Å². The number of nitrogens with zero attached hydrogens (tertiary/aromatic N) is 1. The summed E-state index contributed by atoms with van der Waals surface area (Å²) < 4.78 is 54.1. The van der Waals surface area contributed by atoms with Gasteiger partial charge in [-0.1, -0.05) is 11.6 Å². The topological polar surface area (TPSA) is 75.7 Å². The molecule has 0 fully saturated rings. The standard InChI is InChI=1S/C14H13ClF2N2O4S2/c1-19(25(21,22)13-7-6-11(15)24-13)8-12(20)18-9-2-4-10(5-3-9)23-14(16)17/h2-7,14H,8H2,1H3,(H,18,20). The van der Waals surface area contributed by atoms with E-state index in [9.17, 15) is 22.0 Å². The Morgan fingerprint density at radius 2 is 1.92 bits per heavy atom. The van der Waals surface area contributed by atoms with Gasteiger partial charge in [-0.15, -0.1) is 11.3 Å². The highest BCUT2D eigenvalue weighted by atomic mass is 35.5. The minimum atomic E-state index is -3.82. The molecule has 25 heavy (non-hydrogen) atoms. The molecule has 11 heteroatoms. The van der Waals surface area contributed by atoms with Crippen LogP contribution in [-0.4, -0.2) is 38.8 Å². The smallest absolute Gasteiger partial charge is 0.387 e. The number of rotatable bonds is 7.